The van der Waals surface area contributed by atoms with Crippen molar-refractivity contribution in [1.82, 2.24) is 19.5 Å². The molecule has 1 fully saturated rings. The molecule has 0 atom stereocenters. The first-order chi connectivity index (χ1) is 11.5. The molecule has 0 radical (unpaired) electrons. The minimum absolute atomic E-state index is 0.394. The van der Waals surface area contributed by atoms with Gasteiger partial charge in [-0.25, -0.2) is 15.0 Å². The van der Waals surface area contributed by atoms with E-state index in [0.29, 0.717) is 22.8 Å². The van der Waals surface area contributed by atoms with E-state index in [2.05, 4.69) is 19.5 Å². The van der Waals surface area contributed by atoms with Gasteiger partial charge < -0.3 is 4.57 Å². The molecule has 2 heterocycles. The Hall–Kier alpha value is -2.44. The number of aromatic nitrogens is 4. The number of rotatable bonds is 2. The molecule has 0 bridgehead atoms. The average Bonchev–Trinajstić information content (AvgIpc) is 3.22. The lowest BCUT2D eigenvalue weighted by molar-refractivity contribution is -0.137. The Balaban J connectivity index is 1.77. The van der Waals surface area contributed by atoms with E-state index in [1.807, 2.05) is 0 Å². The molecule has 0 aliphatic heterocycles. The molecule has 7 heteroatoms. The van der Waals surface area contributed by atoms with Gasteiger partial charge in [0.2, 0.25) is 0 Å². The molecule has 4 rings (SSSR count). The lowest BCUT2D eigenvalue weighted by atomic mass is 10.1. The van der Waals surface area contributed by atoms with Crippen molar-refractivity contribution in [1.29, 1.82) is 0 Å². The first-order valence-electron chi connectivity index (χ1n) is 7.89. The van der Waals surface area contributed by atoms with Crippen LogP contribution in [-0.2, 0) is 6.18 Å². The number of nitrogens with zero attached hydrogens (tertiary/aromatic N) is 4. The molecule has 1 aliphatic rings. The summed E-state index contributed by atoms with van der Waals surface area (Å²) in [5, 5.41) is 0. The molecule has 0 amide bonds. The SMILES string of the molecule is FC(F)(F)c1ccc(-c2ncnc3c2ncn3C2CCCC2)cc1. The lowest BCUT2D eigenvalue weighted by Crippen LogP contribution is -2.05. The van der Waals surface area contributed by atoms with Crippen LogP contribution in [0.4, 0.5) is 13.2 Å². The fourth-order valence-electron chi connectivity index (χ4n) is 3.33. The maximum Gasteiger partial charge on any atom is 0.416 e. The van der Waals surface area contributed by atoms with Crippen LogP contribution in [-0.4, -0.2) is 19.5 Å². The van der Waals surface area contributed by atoms with Crippen molar-refractivity contribution in [2.24, 2.45) is 0 Å². The Labute approximate surface area is 136 Å². The van der Waals surface area contributed by atoms with Crippen LogP contribution >= 0.6 is 0 Å². The molecular formula is C17H15F3N4. The second-order valence-electron chi connectivity index (χ2n) is 6.06. The van der Waals surface area contributed by atoms with Crippen LogP contribution in [0.15, 0.2) is 36.9 Å². The normalized spacial score (nSPS) is 16.1. The number of benzene rings is 1. The van der Waals surface area contributed by atoms with Gasteiger partial charge >= 0.3 is 6.18 Å². The summed E-state index contributed by atoms with van der Waals surface area (Å²) in [5.74, 6) is 0. The van der Waals surface area contributed by atoms with E-state index in [-0.39, 0.29) is 0 Å². The second kappa shape index (κ2) is 5.58. The summed E-state index contributed by atoms with van der Waals surface area (Å²) in [7, 11) is 0. The van der Waals surface area contributed by atoms with Crippen molar-refractivity contribution in [3.8, 4) is 11.3 Å². The van der Waals surface area contributed by atoms with Gasteiger partial charge in [-0.05, 0) is 25.0 Å². The molecule has 1 aromatic carbocycles. The van der Waals surface area contributed by atoms with Crippen molar-refractivity contribution in [3.05, 3.63) is 42.5 Å². The fourth-order valence-corrected chi connectivity index (χ4v) is 3.33. The van der Waals surface area contributed by atoms with E-state index in [4.69, 9.17) is 0 Å². The molecule has 4 nitrogen and oxygen atoms in total. The van der Waals surface area contributed by atoms with Crippen LogP contribution in [0, 0.1) is 0 Å². The quantitative estimate of drug-likeness (QED) is 0.687. The molecule has 124 valence electrons. The summed E-state index contributed by atoms with van der Waals surface area (Å²) in [5.41, 5.74) is 1.86. The molecule has 0 unspecified atom stereocenters. The van der Waals surface area contributed by atoms with Gasteiger partial charge in [-0.3, -0.25) is 0 Å². The van der Waals surface area contributed by atoms with E-state index in [0.717, 1.165) is 30.6 Å². The number of imidazole rings is 1. The summed E-state index contributed by atoms with van der Waals surface area (Å²) in [6, 6.07) is 5.39. The van der Waals surface area contributed by atoms with Crippen molar-refractivity contribution in [3.63, 3.8) is 0 Å². The highest BCUT2D eigenvalue weighted by molar-refractivity contribution is 5.87. The van der Waals surface area contributed by atoms with Gasteiger partial charge in [0.15, 0.2) is 5.65 Å². The third-order valence-electron chi connectivity index (χ3n) is 4.56. The number of alkyl halides is 3. The van der Waals surface area contributed by atoms with Gasteiger partial charge in [0.1, 0.15) is 17.5 Å². The monoisotopic (exact) mass is 332 g/mol. The average molecular weight is 332 g/mol. The van der Waals surface area contributed by atoms with Gasteiger partial charge in [0.05, 0.1) is 11.9 Å². The highest BCUT2D eigenvalue weighted by Crippen LogP contribution is 2.34. The molecule has 0 spiro atoms. The fraction of sp³-hybridized carbons (Fsp3) is 0.353. The Morgan fingerprint density at radius 1 is 0.958 bits per heavy atom. The number of hydrogen-bond acceptors (Lipinski definition) is 3. The summed E-state index contributed by atoms with van der Waals surface area (Å²) in [6.45, 7) is 0. The van der Waals surface area contributed by atoms with E-state index < -0.39 is 11.7 Å². The van der Waals surface area contributed by atoms with Gasteiger partial charge in [0, 0.05) is 11.6 Å². The maximum absolute atomic E-state index is 12.7. The van der Waals surface area contributed by atoms with E-state index in [9.17, 15) is 13.2 Å². The van der Waals surface area contributed by atoms with Crippen molar-refractivity contribution >= 4 is 11.2 Å². The van der Waals surface area contributed by atoms with Gasteiger partial charge in [-0.1, -0.05) is 25.0 Å². The summed E-state index contributed by atoms with van der Waals surface area (Å²) in [4.78, 5) is 13.0. The number of hydrogen-bond donors (Lipinski definition) is 0. The third-order valence-corrected chi connectivity index (χ3v) is 4.56. The van der Waals surface area contributed by atoms with Crippen LogP contribution < -0.4 is 0 Å². The van der Waals surface area contributed by atoms with Gasteiger partial charge in [0.25, 0.3) is 0 Å². The Bertz CT molecular complexity index is 862. The minimum atomic E-state index is -4.34. The highest BCUT2D eigenvalue weighted by atomic mass is 19.4. The van der Waals surface area contributed by atoms with E-state index in [1.165, 1.54) is 31.3 Å². The number of halogens is 3. The van der Waals surface area contributed by atoms with Crippen LogP contribution in [0.1, 0.15) is 37.3 Å². The molecule has 24 heavy (non-hydrogen) atoms. The zero-order valence-corrected chi connectivity index (χ0v) is 12.8. The first-order valence-corrected chi connectivity index (χ1v) is 7.89. The number of fused-ring (bicyclic) bond motifs is 1. The maximum atomic E-state index is 12.7. The summed E-state index contributed by atoms with van der Waals surface area (Å²) >= 11 is 0. The third kappa shape index (κ3) is 2.53. The van der Waals surface area contributed by atoms with E-state index >= 15 is 0 Å². The zero-order chi connectivity index (χ0) is 16.7. The van der Waals surface area contributed by atoms with Crippen LogP contribution in [0.25, 0.3) is 22.4 Å². The van der Waals surface area contributed by atoms with Crippen molar-refractivity contribution < 1.29 is 13.2 Å². The van der Waals surface area contributed by atoms with Gasteiger partial charge in [-0.2, -0.15) is 13.2 Å². The van der Waals surface area contributed by atoms with Crippen LogP contribution in [0.3, 0.4) is 0 Å². The molecule has 1 saturated carbocycles. The van der Waals surface area contributed by atoms with Crippen LogP contribution in [0.2, 0.25) is 0 Å². The Morgan fingerprint density at radius 2 is 1.67 bits per heavy atom. The molecule has 3 aromatic rings. The summed E-state index contributed by atoms with van der Waals surface area (Å²) in [6.07, 6.45) is 3.47. The largest absolute Gasteiger partial charge is 0.416 e. The van der Waals surface area contributed by atoms with E-state index in [1.54, 1.807) is 6.33 Å². The Kier molecular flexibility index (Phi) is 3.51. The first kappa shape index (κ1) is 15.1. The van der Waals surface area contributed by atoms with Gasteiger partial charge in [-0.15, -0.1) is 0 Å². The predicted molar refractivity (Wildman–Crippen MR) is 83.3 cm³/mol. The van der Waals surface area contributed by atoms with Crippen molar-refractivity contribution in [2.75, 3.05) is 0 Å². The minimum Gasteiger partial charge on any atom is -0.312 e. The lowest BCUT2D eigenvalue weighted by Gasteiger charge is -2.11. The topological polar surface area (TPSA) is 43.6 Å². The van der Waals surface area contributed by atoms with Crippen molar-refractivity contribution in [2.45, 2.75) is 37.9 Å². The molecule has 1 aliphatic carbocycles. The van der Waals surface area contributed by atoms with Crippen LogP contribution in [0.5, 0.6) is 0 Å². The predicted octanol–water partition coefficient (Wildman–Crippen LogP) is 4.63. The smallest absolute Gasteiger partial charge is 0.312 e. The highest BCUT2D eigenvalue weighted by Gasteiger charge is 2.30. The molecule has 0 N–H and O–H groups in total. The zero-order valence-electron chi connectivity index (χ0n) is 12.8. The Morgan fingerprint density at radius 3 is 2.33 bits per heavy atom. The standard InChI is InChI=1S/C17H15F3N4/c18-17(19,20)12-7-5-11(6-8-12)14-15-16(22-9-21-14)24(10-23-15)13-3-1-2-4-13/h5-10,13H,1-4H2. The second-order valence-corrected chi connectivity index (χ2v) is 6.06. The summed E-state index contributed by atoms with van der Waals surface area (Å²) < 4.78 is 40.2. The molecular weight excluding hydrogens is 317 g/mol. The molecule has 0 saturated heterocycles. The molecule has 2 aromatic heterocycles.